The zero-order valence-corrected chi connectivity index (χ0v) is 15.2. The number of hydrogen-bond acceptors (Lipinski definition) is 4. The van der Waals surface area contributed by atoms with E-state index in [4.69, 9.17) is 10.2 Å². The maximum absolute atomic E-state index is 9.55. The van der Waals surface area contributed by atoms with Crippen LogP contribution in [-0.2, 0) is 9.59 Å². The van der Waals surface area contributed by atoms with Crippen molar-refractivity contribution >= 4 is 11.9 Å². The van der Waals surface area contributed by atoms with Crippen LogP contribution in [0.4, 0.5) is 0 Å². The molecule has 26 heavy (non-hydrogen) atoms. The van der Waals surface area contributed by atoms with Crippen LogP contribution in [-0.4, -0.2) is 40.8 Å². The fourth-order valence-corrected chi connectivity index (χ4v) is 4.53. The summed E-state index contributed by atoms with van der Waals surface area (Å²) in [6, 6.07) is 1.21. The molecule has 1 saturated heterocycles. The fraction of sp³-hybridized carbons (Fsp3) is 0.500. The molecule has 1 fully saturated rings. The highest BCUT2D eigenvalue weighted by molar-refractivity contribution is 5.89. The second-order valence-corrected chi connectivity index (χ2v) is 7.34. The van der Waals surface area contributed by atoms with E-state index in [1.807, 2.05) is 0 Å². The normalized spacial score (nSPS) is 29.3. The Morgan fingerprint density at radius 1 is 1.12 bits per heavy atom. The molecule has 0 radical (unpaired) electrons. The first kappa shape index (κ1) is 18.5. The molecule has 2 aliphatic heterocycles. The molecule has 0 amide bonds. The highest BCUT2D eigenvalue weighted by Gasteiger charge is 2.38. The van der Waals surface area contributed by atoms with E-state index in [0.717, 1.165) is 12.5 Å². The zero-order valence-electron chi connectivity index (χ0n) is 15.2. The van der Waals surface area contributed by atoms with E-state index >= 15 is 0 Å². The average Bonchev–Trinajstić information content (AvgIpc) is 2.99. The predicted molar refractivity (Wildman–Crippen MR) is 98.6 cm³/mol. The number of carboxylic acids is 2. The molecule has 0 bridgehead atoms. The second kappa shape index (κ2) is 7.50. The van der Waals surface area contributed by atoms with E-state index in [1.165, 1.54) is 31.4 Å². The van der Waals surface area contributed by atoms with Gasteiger partial charge in [0, 0.05) is 42.4 Å². The summed E-state index contributed by atoms with van der Waals surface area (Å²) in [6.07, 6.45) is 8.54. The number of hydrogen-bond donors (Lipinski definition) is 4. The minimum Gasteiger partial charge on any atom is -0.478 e. The third-order valence-corrected chi connectivity index (χ3v) is 5.46. The molecule has 140 valence electrons. The number of fused-ring (bicyclic) bond motifs is 1. The molecular weight excluding hydrogens is 332 g/mol. The lowest BCUT2D eigenvalue weighted by Crippen LogP contribution is -2.42. The molecule has 0 aromatic rings. The van der Waals surface area contributed by atoms with Crippen molar-refractivity contribution in [1.29, 1.82) is 0 Å². The van der Waals surface area contributed by atoms with E-state index < -0.39 is 11.9 Å². The van der Waals surface area contributed by atoms with Crippen LogP contribution in [0.1, 0.15) is 39.5 Å². The van der Waals surface area contributed by atoms with Crippen molar-refractivity contribution in [2.45, 2.75) is 51.6 Å². The first-order valence-corrected chi connectivity index (χ1v) is 9.16. The average molecular weight is 358 g/mol. The van der Waals surface area contributed by atoms with Gasteiger partial charge in [-0.25, -0.2) is 9.59 Å². The van der Waals surface area contributed by atoms with Gasteiger partial charge in [-0.2, -0.15) is 0 Å². The molecular formula is C20H26N2O4. The maximum atomic E-state index is 9.55. The molecule has 6 nitrogen and oxygen atoms in total. The van der Waals surface area contributed by atoms with Crippen molar-refractivity contribution in [3.8, 4) is 0 Å². The second-order valence-electron chi connectivity index (χ2n) is 7.34. The Hall–Kier alpha value is -2.34. The molecule has 0 aromatic heterocycles. The van der Waals surface area contributed by atoms with Gasteiger partial charge in [-0.15, -0.1) is 0 Å². The Bertz CT molecular complexity index is 729. The molecule has 4 N–H and O–H groups in total. The van der Waals surface area contributed by atoms with Gasteiger partial charge in [0.2, 0.25) is 0 Å². The number of allylic oxidation sites excluding steroid dienone is 3. The fourth-order valence-electron chi connectivity index (χ4n) is 4.53. The van der Waals surface area contributed by atoms with Crippen LogP contribution >= 0.6 is 0 Å². The van der Waals surface area contributed by atoms with Gasteiger partial charge in [-0.3, -0.25) is 0 Å². The van der Waals surface area contributed by atoms with Crippen LogP contribution in [0, 0.1) is 5.92 Å². The van der Waals surface area contributed by atoms with Gasteiger partial charge >= 0.3 is 11.9 Å². The molecule has 4 aliphatic rings. The van der Waals surface area contributed by atoms with Crippen molar-refractivity contribution in [1.82, 2.24) is 10.6 Å². The van der Waals surface area contributed by atoms with Gasteiger partial charge in [0.25, 0.3) is 0 Å². The lowest BCUT2D eigenvalue weighted by atomic mass is 9.71. The van der Waals surface area contributed by atoms with Crippen molar-refractivity contribution in [2.75, 3.05) is 6.54 Å². The summed E-state index contributed by atoms with van der Waals surface area (Å²) in [5.74, 6) is -1.76. The Labute approximate surface area is 153 Å². The third-order valence-electron chi connectivity index (χ3n) is 5.46. The SMILES string of the molecule is CC1CC2=C(CC3CNC4=CCCC2=C43)C(C)N1.O=C(O)/C=C\C(=O)O. The molecule has 6 heteroatoms. The van der Waals surface area contributed by atoms with Crippen LogP contribution in [0.15, 0.2) is 46.2 Å². The summed E-state index contributed by atoms with van der Waals surface area (Å²) < 4.78 is 0. The first-order chi connectivity index (χ1) is 12.4. The predicted octanol–water partition coefficient (Wildman–Crippen LogP) is 2.36. The monoisotopic (exact) mass is 358 g/mol. The van der Waals surface area contributed by atoms with E-state index in [0.29, 0.717) is 24.2 Å². The standard InChI is InChI=1S/C16H22N2.C4H4O4/c1-9-6-14-12-4-3-5-15-16(12)11(8-17-15)7-13(14)10(2)18-9;5-3(6)1-2-4(7)8/h5,9-11,17-18H,3-4,6-8H2,1-2H3;1-2H,(H,5,6)(H,7,8)/b;2-1-. The van der Waals surface area contributed by atoms with Crippen LogP contribution < -0.4 is 10.6 Å². The Morgan fingerprint density at radius 3 is 2.46 bits per heavy atom. The summed E-state index contributed by atoms with van der Waals surface area (Å²) in [4.78, 5) is 19.1. The summed E-state index contributed by atoms with van der Waals surface area (Å²) in [5, 5.41) is 23.0. The molecule has 3 atom stereocenters. The van der Waals surface area contributed by atoms with Crippen molar-refractivity contribution in [2.24, 2.45) is 5.92 Å². The van der Waals surface area contributed by atoms with Gasteiger partial charge in [-0.05, 0) is 61.8 Å². The van der Waals surface area contributed by atoms with Gasteiger partial charge in [0.15, 0.2) is 0 Å². The number of carbonyl (C=O) groups is 2. The molecule has 0 saturated carbocycles. The van der Waals surface area contributed by atoms with Gasteiger partial charge < -0.3 is 20.8 Å². The van der Waals surface area contributed by atoms with Crippen molar-refractivity contribution in [3.05, 3.63) is 46.2 Å². The number of nitrogens with one attached hydrogen (secondary N) is 2. The van der Waals surface area contributed by atoms with Crippen LogP contribution in [0.25, 0.3) is 0 Å². The minimum absolute atomic E-state index is 0.558. The number of carboxylic acid groups (broad SMARTS) is 2. The highest BCUT2D eigenvalue weighted by Crippen LogP contribution is 2.47. The van der Waals surface area contributed by atoms with E-state index in [9.17, 15) is 9.59 Å². The quantitative estimate of drug-likeness (QED) is 0.566. The van der Waals surface area contributed by atoms with Crippen LogP contribution in [0.2, 0.25) is 0 Å². The maximum Gasteiger partial charge on any atom is 0.328 e. The number of rotatable bonds is 2. The van der Waals surface area contributed by atoms with E-state index in [2.05, 4.69) is 30.6 Å². The Kier molecular flexibility index (Phi) is 5.32. The first-order valence-electron chi connectivity index (χ1n) is 9.16. The van der Waals surface area contributed by atoms with E-state index in [-0.39, 0.29) is 0 Å². The third kappa shape index (κ3) is 3.75. The van der Waals surface area contributed by atoms with Gasteiger partial charge in [0.05, 0.1) is 0 Å². The highest BCUT2D eigenvalue weighted by atomic mass is 16.4. The lowest BCUT2D eigenvalue weighted by Gasteiger charge is -2.39. The minimum atomic E-state index is -1.26. The summed E-state index contributed by atoms with van der Waals surface area (Å²) in [7, 11) is 0. The Morgan fingerprint density at radius 2 is 1.81 bits per heavy atom. The largest absolute Gasteiger partial charge is 0.478 e. The van der Waals surface area contributed by atoms with Crippen molar-refractivity contribution in [3.63, 3.8) is 0 Å². The smallest absolute Gasteiger partial charge is 0.328 e. The summed E-state index contributed by atoms with van der Waals surface area (Å²) in [5.41, 5.74) is 8.29. The number of aliphatic carboxylic acids is 2. The molecule has 4 rings (SSSR count). The molecule has 3 unspecified atom stereocenters. The molecule has 0 aromatic carbocycles. The van der Waals surface area contributed by atoms with E-state index in [1.54, 1.807) is 22.3 Å². The van der Waals surface area contributed by atoms with Crippen LogP contribution in [0.3, 0.4) is 0 Å². The topological polar surface area (TPSA) is 98.7 Å². The van der Waals surface area contributed by atoms with Crippen molar-refractivity contribution < 1.29 is 19.8 Å². The van der Waals surface area contributed by atoms with Crippen LogP contribution in [0.5, 0.6) is 0 Å². The lowest BCUT2D eigenvalue weighted by molar-refractivity contribution is -0.134. The molecule has 2 heterocycles. The summed E-state index contributed by atoms with van der Waals surface area (Å²) >= 11 is 0. The molecule has 2 aliphatic carbocycles. The zero-order chi connectivity index (χ0) is 18.8. The molecule has 0 spiro atoms. The summed E-state index contributed by atoms with van der Waals surface area (Å²) in [6.45, 7) is 5.83. The van der Waals surface area contributed by atoms with Gasteiger partial charge in [-0.1, -0.05) is 6.08 Å². The Balaban J connectivity index is 0.000000211. The van der Waals surface area contributed by atoms with Gasteiger partial charge in [0.1, 0.15) is 0 Å².